The zero-order valence-corrected chi connectivity index (χ0v) is 16.4. The number of rotatable bonds is 5. The lowest BCUT2D eigenvalue weighted by molar-refractivity contribution is 0.466. The standard InChI is InChI=1S/C20H24N4O2S/c1-15(2)24-19-12-21-10-8-18(19)22-20(24)17-9-11-23(13-17)27(25,26)14-16-6-4-3-5-7-16/h3-8,10,12,15,17H,9,11,13-14H2,1-2H3/t17-/m1/s1. The van der Waals surface area contributed by atoms with Crippen molar-refractivity contribution in [1.29, 1.82) is 0 Å². The molecule has 0 radical (unpaired) electrons. The Balaban J connectivity index is 1.60. The molecule has 0 bridgehead atoms. The summed E-state index contributed by atoms with van der Waals surface area (Å²) in [6.07, 6.45) is 4.37. The second kappa shape index (κ2) is 7.05. The molecule has 27 heavy (non-hydrogen) atoms. The topological polar surface area (TPSA) is 68.1 Å². The Kier molecular flexibility index (Phi) is 4.74. The molecule has 3 aromatic rings. The highest BCUT2D eigenvalue weighted by Crippen LogP contribution is 2.33. The number of aromatic nitrogens is 3. The first kappa shape index (κ1) is 18.1. The molecule has 1 atom stereocenters. The molecule has 0 spiro atoms. The van der Waals surface area contributed by atoms with Gasteiger partial charge >= 0.3 is 0 Å². The Hall–Kier alpha value is -2.25. The van der Waals surface area contributed by atoms with Crippen molar-refractivity contribution in [1.82, 2.24) is 18.8 Å². The number of nitrogens with zero attached hydrogens (tertiary/aromatic N) is 4. The van der Waals surface area contributed by atoms with Crippen molar-refractivity contribution in [3.05, 3.63) is 60.2 Å². The predicted molar refractivity (Wildman–Crippen MR) is 106 cm³/mol. The molecule has 2 aromatic heterocycles. The maximum absolute atomic E-state index is 12.9. The van der Waals surface area contributed by atoms with E-state index in [0.29, 0.717) is 13.1 Å². The second-order valence-corrected chi connectivity index (χ2v) is 9.35. The van der Waals surface area contributed by atoms with Gasteiger partial charge in [-0.05, 0) is 31.9 Å². The van der Waals surface area contributed by atoms with Crippen molar-refractivity contribution in [2.24, 2.45) is 0 Å². The lowest BCUT2D eigenvalue weighted by atomic mass is 10.1. The van der Waals surface area contributed by atoms with E-state index in [9.17, 15) is 8.42 Å². The highest BCUT2D eigenvalue weighted by Gasteiger charge is 2.35. The minimum Gasteiger partial charge on any atom is -0.324 e. The van der Waals surface area contributed by atoms with Gasteiger partial charge < -0.3 is 4.57 Å². The Labute approximate surface area is 159 Å². The lowest BCUT2D eigenvalue weighted by Crippen LogP contribution is -2.30. The van der Waals surface area contributed by atoms with E-state index >= 15 is 0 Å². The highest BCUT2D eigenvalue weighted by atomic mass is 32.2. The Morgan fingerprint density at radius 2 is 1.96 bits per heavy atom. The lowest BCUT2D eigenvalue weighted by Gasteiger charge is -2.18. The number of hydrogen-bond acceptors (Lipinski definition) is 4. The summed E-state index contributed by atoms with van der Waals surface area (Å²) in [7, 11) is -3.33. The van der Waals surface area contributed by atoms with Crippen molar-refractivity contribution in [2.75, 3.05) is 13.1 Å². The number of benzene rings is 1. The van der Waals surface area contributed by atoms with E-state index < -0.39 is 10.0 Å². The van der Waals surface area contributed by atoms with E-state index in [0.717, 1.165) is 28.8 Å². The average molecular weight is 385 g/mol. The molecule has 0 unspecified atom stereocenters. The van der Waals surface area contributed by atoms with Crippen LogP contribution >= 0.6 is 0 Å². The molecule has 6 nitrogen and oxygen atoms in total. The van der Waals surface area contributed by atoms with Gasteiger partial charge in [0.1, 0.15) is 5.82 Å². The van der Waals surface area contributed by atoms with Gasteiger partial charge in [0, 0.05) is 31.2 Å². The van der Waals surface area contributed by atoms with Gasteiger partial charge in [0.2, 0.25) is 10.0 Å². The zero-order valence-electron chi connectivity index (χ0n) is 15.6. The SMILES string of the molecule is CC(C)n1c([C@@H]2CCN(S(=O)(=O)Cc3ccccc3)C2)nc2ccncc21. The fourth-order valence-corrected chi connectivity index (χ4v) is 5.44. The quantitative estimate of drug-likeness (QED) is 0.677. The van der Waals surface area contributed by atoms with Gasteiger partial charge in [-0.3, -0.25) is 4.98 Å². The van der Waals surface area contributed by atoms with E-state index in [4.69, 9.17) is 4.98 Å². The highest BCUT2D eigenvalue weighted by molar-refractivity contribution is 7.88. The summed E-state index contributed by atoms with van der Waals surface area (Å²) in [4.78, 5) is 9.05. The van der Waals surface area contributed by atoms with E-state index in [1.165, 1.54) is 0 Å². The van der Waals surface area contributed by atoms with Crippen LogP contribution in [-0.2, 0) is 15.8 Å². The smallest absolute Gasteiger partial charge is 0.218 e. The van der Waals surface area contributed by atoms with E-state index in [1.54, 1.807) is 10.5 Å². The zero-order chi connectivity index (χ0) is 19.0. The molecule has 0 aliphatic carbocycles. The third-order valence-corrected chi connectivity index (χ3v) is 6.95. The molecular weight excluding hydrogens is 360 g/mol. The van der Waals surface area contributed by atoms with Gasteiger partial charge in [-0.1, -0.05) is 30.3 Å². The molecule has 0 saturated carbocycles. The molecule has 142 valence electrons. The largest absolute Gasteiger partial charge is 0.324 e. The normalized spacial score (nSPS) is 18.6. The van der Waals surface area contributed by atoms with Crippen LogP contribution in [0.2, 0.25) is 0 Å². The van der Waals surface area contributed by atoms with Crippen molar-refractivity contribution < 1.29 is 8.42 Å². The average Bonchev–Trinajstić information content (AvgIpc) is 3.27. The molecule has 1 aliphatic rings. The third kappa shape index (κ3) is 3.49. The summed E-state index contributed by atoms with van der Waals surface area (Å²) >= 11 is 0. The molecule has 1 aromatic carbocycles. The van der Waals surface area contributed by atoms with Gasteiger partial charge in [0.05, 0.1) is 23.0 Å². The van der Waals surface area contributed by atoms with Crippen LogP contribution in [0, 0.1) is 0 Å². The molecule has 3 heterocycles. The summed E-state index contributed by atoms with van der Waals surface area (Å²) in [5, 5.41) is 0. The van der Waals surface area contributed by atoms with Gasteiger partial charge in [-0.15, -0.1) is 0 Å². The number of hydrogen-bond donors (Lipinski definition) is 0. The minimum absolute atomic E-state index is 0.0467. The van der Waals surface area contributed by atoms with Gasteiger partial charge in [0.25, 0.3) is 0 Å². The fourth-order valence-electron chi connectivity index (χ4n) is 3.86. The van der Waals surface area contributed by atoms with Crippen LogP contribution in [0.5, 0.6) is 0 Å². The first-order valence-electron chi connectivity index (χ1n) is 9.29. The van der Waals surface area contributed by atoms with E-state index in [2.05, 4.69) is 23.4 Å². The van der Waals surface area contributed by atoms with Gasteiger partial charge in [-0.2, -0.15) is 0 Å². The Morgan fingerprint density at radius 1 is 1.19 bits per heavy atom. The first-order valence-corrected chi connectivity index (χ1v) is 10.9. The predicted octanol–water partition coefficient (Wildman–Crippen LogP) is 3.33. The van der Waals surface area contributed by atoms with Crippen molar-refractivity contribution in [2.45, 2.75) is 38.0 Å². The molecule has 4 rings (SSSR count). The molecule has 0 amide bonds. The van der Waals surface area contributed by atoms with Gasteiger partial charge in [-0.25, -0.2) is 17.7 Å². The van der Waals surface area contributed by atoms with E-state index in [-0.39, 0.29) is 17.7 Å². The molecular formula is C20H24N4O2S. The number of sulfonamides is 1. The Morgan fingerprint density at radius 3 is 2.70 bits per heavy atom. The monoisotopic (exact) mass is 384 g/mol. The van der Waals surface area contributed by atoms with Crippen LogP contribution in [0.15, 0.2) is 48.8 Å². The van der Waals surface area contributed by atoms with Crippen LogP contribution < -0.4 is 0 Å². The number of imidazole rings is 1. The number of fused-ring (bicyclic) bond motifs is 1. The minimum atomic E-state index is -3.33. The molecule has 1 saturated heterocycles. The van der Waals surface area contributed by atoms with Crippen LogP contribution in [-0.4, -0.2) is 40.3 Å². The third-order valence-electron chi connectivity index (χ3n) is 5.14. The van der Waals surface area contributed by atoms with E-state index in [1.807, 2.05) is 42.6 Å². The first-order chi connectivity index (χ1) is 13.0. The summed E-state index contributed by atoms with van der Waals surface area (Å²) < 4.78 is 29.5. The van der Waals surface area contributed by atoms with Crippen molar-refractivity contribution in [3.8, 4) is 0 Å². The van der Waals surface area contributed by atoms with Crippen LogP contribution in [0.1, 0.15) is 43.6 Å². The molecule has 1 fully saturated rings. The molecule has 1 aliphatic heterocycles. The summed E-state index contributed by atoms with van der Waals surface area (Å²) in [6.45, 7) is 5.27. The second-order valence-electron chi connectivity index (χ2n) is 7.38. The summed E-state index contributed by atoms with van der Waals surface area (Å²) in [5.41, 5.74) is 2.74. The summed E-state index contributed by atoms with van der Waals surface area (Å²) in [6, 6.07) is 11.5. The summed E-state index contributed by atoms with van der Waals surface area (Å²) in [5.74, 6) is 1.11. The van der Waals surface area contributed by atoms with Crippen LogP contribution in [0.4, 0.5) is 0 Å². The van der Waals surface area contributed by atoms with Gasteiger partial charge in [0.15, 0.2) is 0 Å². The molecule has 0 N–H and O–H groups in total. The maximum Gasteiger partial charge on any atom is 0.218 e. The van der Waals surface area contributed by atoms with Crippen LogP contribution in [0.25, 0.3) is 11.0 Å². The van der Waals surface area contributed by atoms with Crippen molar-refractivity contribution in [3.63, 3.8) is 0 Å². The molecule has 7 heteroatoms. The van der Waals surface area contributed by atoms with Crippen LogP contribution in [0.3, 0.4) is 0 Å². The van der Waals surface area contributed by atoms with Crippen molar-refractivity contribution >= 4 is 21.1 Å². The maximum atomic E-state index is 12.9. The Bertz CT molecular complexity index is 1040. The number of pyridine rings is 1. The fraction of sp³-hybridized carbons (Fsp3) is 0.400.